The zero-order valence-electron chi connectivity index (χ0n) is 9.88. The molecule has 0 aromatic rings. The van der Waals surface area contributed by atoms with Crippen molar-refractivity contribution in [1.29, 1.82) is 0 Å². The summed E-state index contributed by atoms with van der Waals surface area (Å²) in [5.74, 6) is 0.751. The Morgan fingerprint density at radius 3 is 2.64 bits per heavy atom. The molecule has 0 saturated heterocycles. The fourth-order valence-electron chi connectivity index (χ4n) is 1.25. The smallest absolute Gasteiger partial charge is 0.0462 e. The average Bonchev–Trinajstić information content (AvgIpc) is 2.18. The van der Waals surface area contributed by atoms with E-state index in [4.69, 9.17) is 10.5 Å². The van der Waals surface area contributed by atoms with Crippen LogP contribution in [-0.2, 0) is 4.74 Å². The summed E-state index contributed by atoms with van der Waals surface area (Å²) in [5.41, 5.74) is 5.92. The minimum atomic E-state index is 0.272. The van der Waals surface area contributed by atoms with Gasteiger partial charge in [-0.25, -0.2) is 0 Å². The van der Waals surface area contributed by atoms with Gasteiger partial charge >= 0.3 is 0 Å². The van der Waals surface area contributed by atoms with Crippen molar-refractivity contribution >= 4 is 0 Å². The molecule has 0 heterocycles. The molecule has 3 heteroatoms. The lowest BCUT2D eigenvalue weighted by atomic mass is 10.1. The Bertz CT molecular complexity index is 120. The number of methoxy groups -OCH3 is 1. The van der Waals surface area contributed by atoms with Crippen LogP contribution in [0.25, 0.3) is 0 Å². The van der Waals surface area contributed by atoms with Gasteiger partial charge in [0, 0.05) is 26.3 Å². The van der Waals surface area contributed by atoms with Gasteiger partial charge in [0.25, 0.3) is 0 Å². The molecule has 0 radical (unpaired) electrons. The van der Waals surface area contributed by atoms with E-state index in [1.807, 2.05) is 0 Å². The highest BCUT2D eigenvalue weighted by Crippen LogP contribution is 1.98. The average molecular weight is 202 g/mol. The molecular formula is C11H26N2O. The van der Waals surface area contributed by atoms with E-state index in [0.717, 1.165) is 38.5 Å². The van der Waals surface area contributed by atoms with Gasteiger partial charge in [0.1, 0.15) is 0 Å². The van der Waals surface area contributed by atoms with Gasteiger partial charge in [-0.3, -0.25) is 0 Å². The summed E-state index contributed by atoms with van der Waals surface area (Å²) in [4.78, 5) is 0. The molecule has 0 aliphatic carbocycles. The first-order valence-corrected chi connectivity index (χ1v) is 5.65. The topological polar surface area (TPSA) is 47.3 Å². The monoisotopic (exact) mass is 202 g/mol. The fourth-order valence-corrected chi connectivity index (χ4v) is 1.25. The summed E-state index contributed by atoms with van der Waals surface area (Å²) in [6.45, 7) is 7.29. The predicted molar refractivity (Wildman–Crippen MR) is 61.4 cm³/mol. The molecule has 2 unspecified atom stereocenters. The van der Waals surface area contributed by atoms with E-state index >= 15 is 0 Å². The van der Waals surface area contributed by atoms with E-state index < -0.39 is 0 Å². The third-order valence-corrected chi connectivity index (χ3v) is 2.52. The van der Waals surface area contributed by atoms with Crippen LogP contribution in [0.1, 0.15) is 33.1 Å². The molecule has 0 bridgehead atoms. The summed E-state index contributed by atoms with van der Waals surface area (Å²) in [6.07, 6.45) is 3.33. The Hall–Kier alpha value is -0.120. The Balaban J connectivity index is 3.21. The molecule has 0 aliphatic rings. The maximum Gasteiger partial charge on any atom is 0.0462 e. The third kappa shape index (κ3) is 8.48. The van der Waals surface area contributed by atoms with Crippen LogP contribution in [0.5, 0.6) is 0 Å². The van der Waals surface area contributed by atoms with Crippen molar-refractivity contribution in [3.05, 3.63) is 0 Å². The molecule has 86 valence electrons. The molecule has 0 rings (SSSR count). The first kappa shape index (κ1) is 13.9. The summed E-state index contributed by atoms with van der Waals surface area (Å²) in [6, 6.07) is 0.272. The van der Waals surface area contributed by atoms with Gasteiger partial charge in [0.05, 0.1) is 0 Å². The molecule has 3 N–H and O–H groups in total. The molecule has 0 aliphatic heterocycles. The van der Waals surface area contributed by atoms with Crippen LogP contribution in [0, 0.1) is 5.92 Å². The first-order valence-electron chi connectivity index (χ1n) is 5.65. The molecule has 0 fully saturated rings. The van der Waals surface area contributed by atoms with Gasteiger partial charge in [0.2, 0.25) is 0 Å². The van der Waals surface area contributed by atoms with Gasteiger partial charge in [-0.2, -0.15) is 0 Å². The van der Waals surface area contributed by atoms with Crippen molar-refractivity contribution < 1.29 is 4.74 Å². The van der Waals surface area contributed by atoms with Crippen molar-refractivity contribution in [2.45, 2.75) is 39.2 Å². The maximum atomic E-state index is 5.92. The van der Waals surface area contributed by atoms with Crippen molar-refractivity contribution in [3.63, 3.8) is 0 Å². The lowest BCUT2D eigenvalue weighted by Crippen LogP contribution is -2.35. The van der Waals surface area contributed by atoms with E-state index in [0.29, 0.717) is 0 Å². The maximum absolute atomic E-state index is 5.92. The summed E-state index contributed by atoms with van der Waals surface area (Å²) >= 11 is 0. The standard InChI is InChI=1S/C11H26N2O/c1-4-10(2)8-13-9-11(12)6-5-7-14-3/h10-11,13H,4-9,12H2,1-3H3. The molecule has 0 spiro atoms. The minimum absolute atomic E-state index is 0.272. The first-order chi connectivity index (χ1) is 6.70. The minimum Gasteiger partial charge on any atom is -0.385 e. The fraction of sp³-hybridized carbons (Fsp3) is 1.00. The molecular weight excluding hydrogens is 176 g/mol. The highest BCUT2D eigenvalue weighted by molar-refractivity contribution is 4.65. The number of hydrogen-bond acceptors (Lipinski definition) is 3. The van der Waals surface area contributed by atoms with E-state index in [2.05, 4.69) is 19.2 Å². The Labute approximate surface area is 88.4 Å². The number of hydrogen-bond donors (Lipinski definition) is 2. The third-order valence-electron chi connectivity index (χ3n) is 2.52. The van der Waals surface area contributed by atoms with Gasteiger partial charge in [-0.05, 0) is 25.3 Å². The quantitative estimate of drug-likeness (QED) is 0.555. The van der Waals surface area contributed by atoms with Gasteiger partial charge in [0.15, 0.2) is 0 Å². The van der Waals surface area contributed by atoms with Crippen LogP contribution >= 0.6 is 0 Å². The number of ether oxygens (including phenoxy) is 1. The zero-order valence-corrected chi connectivity index (χ0v) is 9.88. The van der Waals surface area contributed by atoms with Crippen LogP contribution in [0.15, 0.2) is 0 Å². The molecule has 0 saturated carbocycles. The van der Waals surface area contributed by atoms with Crippen molar-refractivity contribution in [2.24, 2.45) is 11.7 Å². The van der Waals surface area contributed by atoms with Crippen molar-refractivity contribution in [1.82, 2.24) is 5.32 Å². The highest BCUT2D eigenvalue weighted by Gasteiger charge is 2.03. The van der Waals surface area contributed by atoms with E-state index in [1.54, 1.807) is 7.11 Å². The van der Waals surface area contributed by atoms with Crippen LogP contribution in [0.4, 0.5) is 0 Å². The second-order valence-corrected chi connectivity index (χ2v) is 4.07. The second kappa shape index (κ2) is 9.44. The van der Waals surface area contributed by atoms with Crippen molar-refractivity contribution in [3.8, 4) is 0 Å². The number of nitrogens with two attached hydrogens (primary N) is 1. The zero-order chi connectivity index (χ0) is 10.8. The molecule has 2 atom stereocenters. The van der Waals surface area contributed by atoms with E-state index in [1.165, 1.54) is 6.42 Å². The Morgan fingerprint density at radius 1 is 1.36 bits per heavy atom. The normalized spacial score (nSPS) is 15.4. The van der Waals surface area contributed by atoms with Crippen molar-refractivity contribution in [2.75, 3.05) is 26.8 Å². The molecule has 14 heavy (non-hydrogen) atoms. The molecule has 0 aromatic carbocycles. The van der Waals surface area contributed by atoms with Crippen LogP contribution in [0.2, 0.25) is 0 Å². The Kier molecular flexibility index (Phi) is 9.35. The SMILES string of the molecule is CCC(C)CNCC(N)CCCOC. The van der Waals surface area contributed by atoms with E-state index in [-0.39, 0.29) is 6.04 Å². The van der Waals surface area contributed by atoms with Gasteiger partial charge < -0.3 is 15.8 Å². The van der Waals surface area contributed by atoms with Crippen LogP contribution < -0.4 is 11.1 Å². The summed E-state index contributed by atoms with van der Waals surface area (Å²) in [7, 11) is 1.73. The summed E-state index contributed by atoms with van der Waals surface area (Å²) < 4.78 is 4.98. The van der Waals surface area contributed by atoms with Gasteiger partial charge in [-0.1, -0.05) is 20.3 Å². The van der Waals surface area contributed by atoms with E-state index in [9.17, 15) is 0 Å². The molecule has 0 amide bonds. The lowest BCUT2D eigenvalue weighted by molar-refractivity contribution is 0.190. The highest BCUT2D eigenvalue weighted by atomic mass is 16.5. The lowest BCUT2D eigenvalue weighted by Gasteiger charge is -2.14. The number of rotatable bonds is 9. The largest absolute Gasteiger partial charge is 0.385 e. The molecule has 3 nitrogen and oxygen atoms in total. The molecule has 0 aromatic heterocycles. The van der Waals surface area contributed by atoms with Crippen LogP contribution in [-0.4, -0.2) is 32.8 Å². The Morgan fingerprint density at radius 2 is 2.07 bits per heavy atom. The second-order valence-electron chi connectivity index (χ2n) is 4.07. The van der Waals surface area contributed by atoms with Crippen LogP contribution in [0.3, 0.4) is 0 Å². The summed E-state index contributed by atoms with van der Waals surface area (Å²) in [5, 5.41) is 3.40. The predicted octanol–water partition coefficient (Wildman–Crippen LogP) is 1.38. The van der Waals surface area contributed by atoms with Gasteiger partial charge in [-0.15, -0.1) is 0 Å². The number of nitrogens with one attached hydrogen (secondary N) is 1.